The lowest BCUT2D eigenvalue weighted by atomic mass is 10.2. The number of benzene rings is 2. The van der Waals surface area contributed by atoms with Crippen LogP contribution in [0.2, 0.25) is 0 Å². The number of fused-ring (bicyclic) bond motifs is 1. The van der Waals surface area contributed by atoms with E-state index in [9.17, 15) is 0 Å². The first-order chi connectivity index (χ1) is 8.66. The molecule has 2 N–H and O–H groups in total. The number of aromatic nitrogens is 2. The maximum Gasteiger partial charge on any atom is 0.140 e. The number of imidazole rings is 1. The Hall–Kier alpha value is -1.81. The van der Waals surface area contributed by atoms with Crippen LogP contribution in [0.3, 0.4) is 0 Å². The van der Waals surface area contributed by atoms with Gasteiger partial charge in [0.2, 0.25) is 0 Å². The first-order valence-corrected chi connectivity index (χ1v) is 6.43. The number of halogens is 1. The summed E-state index contributed by atoms with van der Waals surface area (Å²) < 4.78 is 2.99. The topological polar surface area (TPSA) is 43.8 Å². The van der Waals surface area contributed by atoms with Crippen molar-refractivity contribution < 1.29 is 0 Å². The van der Waals surface area contributed by atoms with Crippen molar-refractivity contribution in [2.24, 2.45) is 7.05 Å². The van der Waals surface area contributed by atoms with Gasteiger partial charge in [-0.3, -0.25) is 0 Å². The van der Waals surface area contributed by atoms with Crippen LogP contribution < -0.4 is 5.73 Å². The summed E-state index contributed by atoms with van der Waals surface area (Å²) in [5.41, 5.74) is 9.72. The van der Waals surface area contributed by atoms with Gasteiger partial charge in [0.05, 0.1) is 11.0 Å². The standard InChI is InChI=1S/C14H12BrN3/c1-18-13-5-3-2-4-12(13)17-14(18)9-6-7-11(16)10(15)8-9/h2-8H,16H2,1H3. The van der Waals surface area contributed by atoms with Gasteiger partial charge in [-0.05, 0) is 46.3 Å². The molecule has 0 aliphatic rings. The van der Waals surface area contributed by atoms with E-state index in [0.717, 1.165) is 32.6 Å². The number of para-hydroxylation sites is 2. The summed E-state index contributed by atoms with van der Waals surface area (Å²) >= 11 is 3.45. The minimum absolute atomic E-state index is 0.734. The molecule has 1 aromatic heterocycles. The SMILES string of the molecule is Cn1c(-c2ccc(N)c(Br)c2)nc2ccccc21. The average Bonchev–Trinajstić information content (AvgIpc) is 2.71. The zero-order chi connectivity index (χ0) is 12.7. The number of nitrogens with zero attached hydrogens (tertiary/aromatic N) is 2. The zero-order valence-corrected chi connectivity index (χ0v) is 11.5. The zero-order valence-electron chi connectivity index (χ0n) is 9.89. The molecular formula is C14H12BrN3. The van der Waals surface area contributed by atoms with Gasteiger partial charge in [-0.15, -0.1) is 0 Å². The molecule has 0 atom stereocenters. The van der Waals surface area contributed by atoms with E-state index in [-0.39, 0.29) is 0 Å². The van der Waals surface area contributed by atoms with Crippen molar-refractivity contribution in [2.45, 2.75) is 0 Å². The maximum atomic E-state index is 5.81. The van der Waals surface area contributed by atoms with Crippen molar-refractivity contribution >= 4 is 32.7 Å². The van der Waals surface area contributed by atoms with E-state index in [4.69, 9.17) is 5.73 Å². The monoisotopic (exact) mass is 301 g/mol. The highest BCUT2D eigenvalue weighted by Gasteiger charge is 2.10. The third-order valence-corrected chi connectivity index (χ3v) is 3.73. The third-order valence-electron chi connectivity index (χ3n) is 3.05. The highest BCUT2D eigenvalue weighted by atomic mass is 79.9. The van der Waals surface area contributed by atoms with E-state index in [1.54, 1.807) is 0 Å². The summed E-state index contributed by atoms with van der Waals surface area (Å²) in [5.74, 6) is 0.942. The van der Waals surface area contributed by atoms with E-state index < -0.39 is 0 Å². The normalized spacial score (nSPS) is 11.0. The fourth-order valence-corrected chi connectivity index (χ4v) is 2.45. The van der Waals surface area contributed by atoms with Gasteiger partial charge in [0.25, 0.3) is 0 Å². The van der Waals surface area contributed by atoms with Crippen LogP contribution in [0.5, 0.6) is 0 Å². The molecule has 3 nitrogen and oxygen atoms in total. The molecule has 0 spiro atoms. The molecule has 0 saturated heterocycles. The minimum atomic E-state index is 0.734. The second-order valence-electron chi connectivity index (χ2n) is 4.22. The van der Waals surface area contributed by atoms with Crippen molar-refractivity contribution in [2.75, 3.05) is 5.73 Å². The van der Waals surface area contributed by atoms with E-state index >= 15 is 0 Å². The Balaban J connectivity index is 2.25. The van der Waals surface area contributed by atoms with Crippen LogP contribution in [0.1, 0.15) is 0 Å². The Morgan fingerprint density at radius 1 is 1.17 bits per heavy atom. The van der Waals surface area contributed by atoms with E-state index in [0.29, 0.717) is 0 Å². The largest absolute Gasteiger partial charge is 0.398 e. The molecule has 1 heterocycles. The molecule has 2 aromatic carbocycles. The molecule has 0 aliphatic heterocycles. The Morgan fingerprint density at radius 2 is 1.94 bits per heavy atom. The molecule has 0 saturated carbocycles. The highest BCUT2D eigenvalue weighted by molar-refractivity contribution is 9.10. The lowest BCUT2D eigenvalue weighted by molar-refractivity contribution is 0.959. The summed E-state index contributed by atoms with van der Waals surface area (Å²) in [4.78, 5) is 4.65. The number of aryl methyl sites for hydroxylation is 1. The fourth-order valence-electron chi connectivity index (χ4n) is 2.07. The number of rotatable bonds is 1. The fraction of sp³-hybridized carbons (Fsp3) is 0.0714. The smallest absolute Gasteiger partial charge is 0.140 e. The Morgan fingerprint density at radius 3 is 2.67 bits per heavy atom. The Bertz CT molecular complexity index is 731. The molecule has 3 rings (SSSR count). The van der Waals surface area contributed by atoms with Crippen LogP contribution in [0.25, 0.3) is 22.4 Å². The summed E-state index contributed by atoms with van der Waals surface area (Å²) in [7, 11) is 2.02. The lowest BCUT2D eigenvalue weighted by Gasteiger charge is -2.04. The summed E-state index contributed by atoms with van der Waals surface area (Å²) in [6.45, 7) is 0. The molecule has 0 aliphatic carbocycles. The quantitative estimate of drug-likeness (QED) is 0.698. The predicted octanol–water partition coefficient (Wildman–Crippen LogP) is 3.59. The number of hydrogen-bond acceptors (Lipinski definition) is 2. The summed E-state index contributed by atoms with van der Waals surface area (Å²) in [6.07, 6.45) is 0. The minimum Gasteiger partial charge on any atom is -0.398 e. The van der Waals surface area contributed by atoms with Gasteiger partial charge >= 0.3 is 0 Å². The average molecular weight is 302 g/mol. The molecular weight excluding hydrogens is 290 g/mol. The van der Waals surface area contributed by atoms with Crippen molar-refractivity contribution in [3.05, 3.63) is 46.9 Å². The van der Waals surface area contributed by atoms with Crippen LogP contribution >= 0.6 is 15.9 Å². The van der Waals surface area contributed by atoms with Crippen molar-refractivity contribution in [1.29, 1.82) is 0 Å². The van der Waals surface area contributed by atoms with Crippen LogP contribution in [0, 0.1) is 0 Å². The number of anilines is 1. The second kappa shape index (κ2) is 4.14. The van der Waals surface area contributed by atoms with Gasteiger partial charge in [-0.1, -0.05) is 12.1 Å². The molecule has 0 unspecified atom stereocenters. The van der Waals surface area contributed by atoms with Gasteiger partial charge in [0.15, 0.2) is 0 Å². The van der Waals surface area contributed by atoms with Gasteiger partial charge < -0.3 is 10.3 Å². The number of hydrogen-bond donors (Lipinski definition) is 1. The maximum absolute atomic E-state index is 5.81. The van der Waals surface area contributed by atoms with Crippen LogP contribution in [0.4, 0.5) is 5.69 Å². The lowest BCUT2D eigenvalue weighted by Crippen LogP contribution is -1.93. The Kier molecular flexibility index (Phi) is 2.59. The molecule has 0 radical (unpaired) electrons. The molecule has 90 valence electrons. The molecule has 3 aromatic rings. The van der Waals surface area contributed by atoms with Gasteiger partial charge in [-0.25, -0.2) is 4.98 Å². The van der Waals surface area contributed by atoms with Crippen molar-refractivity contribution in [1.82, 2.24) is 9.55 Å². The molecule has 0 amide bonds. The summed E-state index contributed by atoms with van der Waals surface area (Å²) in [6, 6.07) is 14.0. The number of nitrogen functional groups attached to an aromatic ring is 1. The van der Waals surface area contributed by atoms with Crippen LogP contribution in [0.15, 0.2) is 46.9 Å². The molecule has 0 bridgehead atoms. The predicted molar refractivity (Wildman–Crippen MR) is 78.3 cm³/mol. The summed E-state index contributed by atoms with van der Waals surface area (Å²) in [5, 5.41) is 0. The van der Waals surface area contributed by atoms with E-state index in [2.05, 4.69) is 31.5 Å². The van der Waals surface area contributed by atoms with Gasteiger partial charge in [0.1, 0.15) is 5.82 Å². The third kappa shape index (κ3) is 1.69. The molecule has 4 heteroatoms. The van der Waals surface area contributed by atoms with E-state index in [1.807, 2.05) is 43.4 Å². The molecule has 18 heavy (non-hydrogen) atoms. The first-order valence-electron chi connectivity index (χ1n) is 5.63. The number of nitrogens with two attached hydrogens (primary N) is 1. The molecule has 0 fully saturated rings. The highest BCUT2D eigenvalue weighted by Crippen LogP contribution is 2.28. The van der Waals surface area contributed by atoms with Gasteiger partial charge in [0, 0.05) is 22.8 Å². The van der Waals surface area contributed by atoms with Gasteiger partial charge in [-0.2, -0.15) is 0 Å². The first kappa shape index (κ1) is 11.3. The van der Waals surface area contributed by atoms with Crippen LogP contribution in [-0.4, -0.2) is 9.55 Å². The Labute approximate surface area is 113 Å². The van der Waals surface area contributed by atoms with Crippen LogP contribution in [-0.2, 0) is 7.05 Å². The van der Waals surface area contributed by atoms with Crippen molar-refractivity contribution in [3.8, 4) is 11.4 Å². The van der Waals surface area contributed by atoms with E-state index in [1.165, 1.54) is 0 Å². The second-order valence-corrected chi connectivity index (χ2v) is 5.07. The van der Waals surface area contributed by atoms with Crippen molar-refractivity contribution in [3.63, 3.8) is 0 Å².